The van der Waals surface area contributed by atoms with Gasteiger partial charge in [-0.25, -0.2) is 0 Å². The van der Waals surface area contributed by atoms with E-state index in [1.807, 2.05) is 6.92 Å². The molecule has 0 saturated heterocycles. The number of rotatable bonds is 6. The summed E-state index contributed by atoms with van der Waals surface area (Å²) < 4.78 is 0. The SMILES string of the molecule is CCC(Cc1ccc([N+](=O)[O-])cc1[N+](=O)[O-])NC. The van der Waals surface area contributed by atoms with E-state index in [-0.39, 0.29) is 17.4 Å². The first kappa shape index (κ1) is 14.0. The highest BCUT2D eigenvalue weighted by atomic mass is 16.6. The van der Waals surface area contributed by atoms with E-state index in [1.165, 1.54) is 12.1 Å². The van der Waals surface area contributed by atoms with Gasteiger partial charge in [0, 0.05) is 17.7 Å². The fourth-order valence-electron chi connectivity index (χ4n) is 1.72. The molecule has 0 aromatic heterocycles. The molecule has 0 bridgehead atoms. The third-order valence-corrected chi connectivity index (χ3v) is 2.84. The Labute approximate surface area is 104 Å². The molecule has 1 aromatic rings. The third kappa shape index (κ3) is 3.24. The van der Waals surface area contributed by atoms with Gasteiger partial charge in [0.2, 0.25) is 0 Å². The molecule has 0 saturated carbocycles. The summed E-state index contributed by atoms with van der Waals surface area (Å²) in [5.74, 6) is 0. The molecule has 18 heavy (non-hydrogen) atoms. The van der Waals surface area contributed by atoms with Crippen molar-refractivity contribution in [3.63, 3.8) is 0 Å². The van der Waals surface area contributed by atoms with Crippen molar-refractivity contribution in [3.8, 4) is 0 Å². The van der Waals surface area contributed by atoms with Gasteiger partial charge in [0.1, 0.15) is 0 Å². The first-order valence-corrected chi connectivity index (χ1v) is 5.58. The Morgan fingerprint density at radius 3 is 2.39 bits per heavy atom. The second kappa shape index (κ2) is 6.06. The number of nitrogens with zero attached hydrogens (tertiary/aromatic N) is 2. The lowest BCUT2D eigenvalue weighted by molar-refractivity contribution is -0.394. The minimum Gasteiger partial charge on any atom is -0.317 e. The molecular weight excluding hydrogens is 238 g/mol. The molecule has 1 unspecified atom stereocenters. The molecule has 0 aliphatic carbocycles. The Hall–Kier alpha value is -2.02. The van der Waals surface area contributed by atoms with E-state index in [4.69, 9.17) is 0 Å². The van der Waals surface area contributed by atoms with Crippen molar-refractivity contribution in [2.75, 3.05) is 7.05 Å². The lowest BCUT2D eigenvalue weighted by atomic mass is 10.0. The van der Waals surface area contributed by atoms with Gasteiger partial charge in [-0.3, -0.25) is 20.2 Å². The molecule has 98 valence electrons. The van der Waals surface area contributed by atoms with Gasteiger partial charge >= 0.3 is 0 Å². The highest BCUT2D eigenvalue weighted by molar-refractivity contribution is 5.49. The first-order valence-electron chi connectivity index (χ1n) is 5.58. The number of non-ortho nitro benzene ring substituents is 1. The average Bonchev–Trinajstić information content (AvgIpc) is 2.35. The second-order valence-electron chi connectivity index (χ2n) is 3.93. The topological polar surface area (TPSA) is 98.3 Å². The molecule has 0 spiro atoms. The van der Waals surface area contributed by atoms with Crippen LogP contribution in [0.15, 0.2) is 18.2 Å². The van der Waals surface area contributed by atoms with E-state index in [9.17, 15) is 20.2 Å². The first-order chi connectivity index (χ1) is 8.49. The number of nitro benzene ring substituents is 2. The Balaban J connectivity index is 3.11. The van der Waals surface area contributed by atoms with E-state index in [0.717, 1.165) is 12.5 Å². The summed E-state index contributed by atoms with van der Waals surface area (Å²) in [7, 11) is 1.78. The molecule has 1 aromatic carbocycles. The Morgan fingerprint density at radius 2 is 1.94 bits per heavy atom. The number of nitro groups is 2. The number of benzene rings is 1. The number of nitrogens with one attached hydrogen (secondary N) is 1. The Kier molecular flexibility index (Phi) is 4.73. The average molecular weight is 253 g/mol. The van der Waals surface area contributed by atoms with Crippen molar-refractivity contribution in [1.29, 1.82) is 0 Å². The van der Waals surface area contributed by atoms with Gasteiger partial charge in [0.25, 0.3) is 11.4 Å². The lowest BCUT2D eigenvalue weighted by Gasteiger charge is -2.13. The molecule has 0 radical (unpaired) electrons. The minimum atomic E-state index is -0.633. The number of hydrogen-bond acceptors (Lipinski definition) is 5. The Morgan fingerprint density at radius 1 is 1.28 bits per heavy atom. The van der Waals surface area contributed by atoms with Crippen LogP contribution in [0.4, 0.5) is 11.4 Å². The predicted octanol–water partition coefficient (Wildman–Crippen LogP) is 2.04. The van der Waals surface area contributed by atoms with Crippen LogP contribution in [0.5, 0.6) is 0 Å². The lowest BCUT2D eigenvalue weighted by Crippen LogP contribution is -2.26. The molecule has 0 aliphatic rings. The largest absolute Gasteiger partial charge is 0.317 e. The van der Waals surface area contributed by atoms with Crippen molar-refractivity contribution >= 4 is 11.4 Å². The molecule has 0 aliphatic heterocycles. The van der Waals surface area contributed by atoms with E-state index < -0.39 is 9.85 Å². The van der Waals surface area contributed by atoms with Crippen molar-refractivity contribution in [2.45, 2.75) is 25.8 Å². The summed E-state index contributed by atoms with van der Waals surface area (Å²) in [5, 5.41) is 24.6. The number of likely N-dealkylation sites (N-methyl/N-ethyl adjacent to an activating group) is 1. The zero-order chi connectivity index (χ0) is 13.7. The fraction of sp³-hybridized carbons (Fsp3) is 0.455. The maximum atomic E-state index is 10.9. The summed E-state index contributed by atoms with van der Waals surface area (Å²) in [4.78, 5) is 20.3. The van der Waals surface area contributed by atoms with Crippen LogP contribution in [0.2, 0.25) is 0 Å². The van der Waals surface area contributed by atoms with Crippen LogP contribution in [0.25, 0.3) is 0 Å². The van der Waals surface area contributed by atoms with Crippen LogP contribution in [-0.2, 0) is 6.42 Å². The van der Waals surface area contributed by atoms with Crippen LogP contribution in [-0.4, -0.2) is 22.9 Å². The van der Waals surface area contributed by atoms with Gasteiger partial charge in [-0.05, 0) is 26.0 Å². The van der Waals surface area contributed by atoms with Crippen LogP contribution in [0.3, 0.4) is 0 Å². The highest BCUT2D eigenvalue weighted by Gasteiger charge is 2.20. The van der Waals surface area contributed by atoms with Crippen LogP contribution >= 0.6 is 0 Å². The molecule has 1 atom stereocenters. The van der Waals surface area contributed by atoms with E-state index in [2.05, 4.69) is 5.32 Å². The van der Waals surface area contributed by atoms with Crippen LogP contribution < -0.4 is 5.32 Å². The quantitative estimate of drug-likeness (QED) is 0.617. The smallest absolute Gasteiger partial charge is 0.279 e. The number of hydrogen-bond donors (Lipinski definition) is 1. The van der Waals surface area contributed by atoms with Gasteiger partial charge in [0.15, 0.2) is 0 Å². The normalized spacial score (nSPS) is 12.1. The molecule has 0 heterocycles. The van der Waals surface area contributed by atoms with Crippen LogP contribution in [0.1, 0.15) is 18.9 Å². The third-order valence-electron chi connectivity index (χ3n) is 2.84. The monoisotopic (exact) mass is 253 g/mol. The molecular formula is C11H15N3O4. The minimum absolute atomic E-state index is 0.116. The molecule has 1 rings (SSSR count). The van der Waals surface area contributed by atoms with Crippen molar-refractivity contribution in [1.82, 2.24) is 5.32 Å². The molecule has 0 fully saturated rings. The van der Waals surface area contributed by atoms with Gasteiger partial charge in [-0.1, -0.05) is 6.92 Å². The molecule has 0 amide bonds. The van der Waals surface area contributed by atoms with Crippen molar-refractivity contribution in [2.24, 2.45) is 0 Å². The van der Waals surface area contributed by atoms with Crippen molar-refractivity contribution in [3.05, 3.63) is 44.0 Å². The van der Waals surface area contributed by atoms with Gasteiger partial charge in [-0.15, -0.1) is 0 Å². The van der Waals surface area contributed by atoms with E-state index >= 15 is 0 Å². The van der Waals surface area contributed by atoms with E-state index in [0.29, 0.717) is 12.0 Å². The maximum Gasteiger partial charge on any atom is 0.279 e. The zero-order valence-electron chi connectivity index (χ0n) is 10.3. The predicted molar refractivity (Wildman–Crippen MR) is 66.6 cm³/mol. The summed E-state index contributed by atoms with van der Waals surface area (Å²) in [6, 6.07) is 3.88. The van der Waals surface area contributed by atoms with E-state index in [1.54, 1.807) is 7.05 Å². The summed E-state index contributed by atoms with van der Waals surface area (Å²) in [5.41, 5.74) is 0.0488. The van der Waals surface area contributed by atoms with Crippen LogP contribution in [0, 0.1) is 20.2 Å². The molecule has 7 heteroatoms. The van der Waals surface area contributed by atoms with Gasteiger partial charge in [-0.2, -0.15) is 0 Å². The Bertz CT molecular complexity index is 458. The zero-order valence-corrected chi connectivity index (χ0v) is 10.3. The maximum absolute atomic E-state index is 10.9. The molecule has 1 N–H and O–H groups in total. The molecule has 7 nitrogen and oxygen atoms in total. The highest BCUT2D eigenvalue weighted by Crippen LogP contribution is 2.25. The van der Waals surface area contributed by atoms with Gasteiger partial charge in [0.05, 0.1) is 15.9 Å². The van der Waals surface area contributed by atoms with Gasteiger partial charge < -0.3 is 5.32 Å². The standard InChI is InChI=1S/C11H15N3O4/c1-3-9(12-2)6-8-4-5-10(13(15)16)7-11(8)14(17)18/h4-5,7,9,12H,3,6H2,1-2H3. The summed E-state index contributed by atoms with van der Waals surface area (Å²) in [6.07, 6.45) is 1.30. The second-order valence-corrected chi connectivity index (χ2v) is 3.93. The van der Waals surface area contributed by atoms with Crippen molar-refractivity contribution < 1.29 is 9.85 Å². The summed E-state index contributed by atoms with van der Waals surface area (Å²) in [6.45, 7) is 1.97. The fourth-order valence-corrected chi connectivity index (χ4v) is 1.72. The summed E-state index contributed by atoms with van der Waals surface area (Å²) >= 11 is 0.